The van der Waals surface area contributed by atoms with E-state index in [9.17, 15) is 9.18 Å². The Hall–Kier alpha value is -1.13. The molecule has 0 saturated heterocycles. The van der Waals surface area contributed by atoms with E-state index in [2.05, 4.69) is 5.32 Å². The van der Waals surface area contributed by atoms with E-state index in [4.69, 9.17) is 16.7 Å². The number of aliphatic carboxylic acids is 1. The van der Waals surface area contributed by atoms with Crippen molar-refractivity contribution in [2.75, 3.05) is 7.05 Å². The summed E-state index contributed by atoms with van der Waals surface area (Å²) in [7, 11) is 1.43. The lowest BCUT2D eigenvalue weighted by Gasteiger charge is -2.13. The molecule has 0 heterocycles. The van der Waals surface area contributed by atoms with Gasteiger partial charge in [-0.25, -0.2) is 4.39 Å². The van der Waals surface area contributed by atoms with Gasteiger partial charge in [-0.05, 0) is 19.2 Å². The van der Waals surface area contributed by atoms with Crippen LogP contribution >= 0.6 is 11.6 Å². The average molecular weight is 218 g/mol. The van der Waals surface area contributed by atoms with Crippen molar-refractivity contribution in [3.63, 3.8) is 0 Å². The lowest BCUT2D eigenvalue weighted by Crippen LogP contribution is -2.26. The van der Waals surface area contributed by atoms with Crippen LogP contribution in [0.1, 0.15) is 11.6 Å². The number of nitrogens with one attached hydrogen (secondary N) is 1. The van der Waals surface area contributed by atoms with Crippen molar-refractivity contribution < 1.29 is 14.3 Å². The molecule has 3 nitrogen and oxygen atoms in total. The van der Waals surface area contributed by atoms with E-state index >= 15 is 0 Å². The Balaban J connectivity index is 3.22. The molecule has 0 unspecified atom stereocenters. The summed E-state index contributed by atoms with van der Waals surface area (Å²) in [5.41, 5.74) is -0.0378. The van der Waals surface area contributed by atoms with E-state index in [-0.39, 0.29) is 10.6 Å². The minimum Gasteiger partial charge on any atom is -0.480 e. The maximum absolute atomic E-state index is 13.3. The third-order valence-electron chi connectivity index (χ3n) is 1.82. The molecular formula is C9H9ClFNO2. The van der Waals surface area contributed by atoms with Gasteiger partial charge in [-0.15, -0.1) is 0 Å². The van der Waals surface area contributed by atoms with Gasteiger partial charge in [0.05, 0.1) is 0 Å². The molecule has 0 aliphatic carbocycles. The first-order valence-corrected chi connectivity index (χ1v) is 4.29. The molecule has 1 aromatic carbocycles. The van der Waals surface area contributed by atoms with Crippen LogP contribution in [0.5, 0.6) is 0 Å². The second-order valence-electron chi connectivity index (χ2n) is 2.70. The van der Waals surface area contributed by atoms with Gasteiger partial charge in [-0.3, -0.25) is 4.79 Å². The minimum atomic E-state index is -1.17. The van der Waals surface area contributed by atoms with Crippen LogP contribution in [0.25, 0.3) is 0 Å². The van der Waals surface area contributed by atoms with E-state index in [1.54, 1.807) is 0 Å². The Morgan fingerprint density at radius 1 is 1.64 bits per heavy atom. The van der Waals surface area contributed by atoms with Gasteiger partial charge < -0.3 is 10.4 Å². The summed E-state index contributed by atoms with van der Waals surface area (Å²) < 4.78 is 13.3. The van der Waals surface area contributed by atoms with E-state index in [1.807, 2.05) is 0 Å². The average Bonchev–Trinajstić information content (AvgIpc) is 2.10. The Bertz CT molecular complexity index is 336. The highest BCUT2D eigenvalue weighted by Crippen LogP contribution is 2.25. The summed E-state index contributed by atoms with van der Waals surface area (Å²) in [6.45, 7) is 0. The molecule has 0 spiro atoms. The van der Waals surface area contributed by atoms with Gasteiger partial charge in [0.2, 0.25) is 0 Å². The summed E-state index contributed by atoms with van der Waals surface area (Å²) in [6, 6.07) is 2.93. The first-order chi connectivity index (χ1) is 6.57. The number of likely N-dealkylation sites (N-methyl/N-ethyl adjacent to an activating group) is 1. The van der Waals surface area contributed by atoms with Crippen molar-refractivity contribution in [2.24, 2.45) is 0 Å². The monoisotopic (exact) mass is 217 g/mol. The fourth-order valence-corrected chi connectivity index (χ4v) is 1.45. The van der Waals surface area contributed by atoms with Crippen LogP contribution in [0.15, 0.2) is 18.2 Å². The van der Waals surface area contributed by atoms with Gasteiger partial charge in [-0.1, -0.05) is 17.7 Å². The molecule has 2 N–H and O–H groups in total. The maximum Gasteiger partial charge on any atom is 0.325 e. The topological polar surface area (TPSA) is 49.3 Å². The molecule has 0 radical (unpaired) electrons. The predicted molar refractivity (Wildman–Crippen MR) is 50.8 cm³/mol. The molecule has 0 amide bonds. The molecule has 0 aliphatic rings. The summed E-state index contributed by atoms with van der Waals surface area (Å²) in [4.78, 5) is 10.7. The zero-order valence-electron chi connectivity index (χ0n) is 7.42. The third-order valence-corrected chi connectivity index (χ3v) is 2.15. The van der Waals surface area contributed by atoms with Crippen LogP contribution in [0.2, 0.25) is 5.02 Å². The lowest BCUT2D eigenvalue weighted by atomic mass is 10.1. The fourth-order valence-electron chi connectivity index (χ4n) is 1.18. The van der Waals surface area contributed by atoms with Crippen molar-refractivity contribution in [1.82, 2.24) is 5.32 Å². The Labute approximate surface area is 85.5 Å². The number of rotatable bonds is 3. The highest BCUT2D eigenvalue weighted by Gasteiger charge is 2.23. The summed E-state index contributed by atoms with van der Waals surface area (Å²) >= 11 is 5.70. The van der Waals surface area contributed by atoms with Crippen LogP contribution in [0.4, 0.5) is 4.39 Å². The second kappa shape index (κ2) is 4.39. The number of carboxylic acid groups (broad SMARTS) is 1. The molecule has 1 atom stereocenters. The molecule has 0 bridgehead atoms. The second-order valence-corrected chi connectivity index (χ2v) is 3.10. The van der Waals surface area contributed by atoms with Gasteiger partial charge in [0.1, 0.15) is 11.9 Å². The standard InChI is InChI=1S/C9H9ClFNO2/c1-12-8(9(13)14)7-5(10)3-2-4-6(7)11/h2-4,8,12H,1H3,(H,13,14)/t8-/m1/s1. The zero-order chi connectivity index (χ0) is 10.7. The van der Waals surface area contributed by atoms with Crippen molar-refractivity contribution in [2.45, 2.75) is 6.04 Å². The van der Waals surface area contributed by atoms with Gasteiger partial charge in [-0.2, -0.15) is 0 Å². The molecule has 14 heavy (non-hydrogen) atoms. The number of halogens is 2. The highest BCUT2D eigenvalue weighted by atomic mass is 35.5. The maximum atomic E-state index is 13.3. The van der Waals surface area contributed by atoms with E-state index in [0.29, 0.717) is 0 Å². The van der Waals surface area contributed by atoms with Crippen molar-refractivity contribution in [3.8, 4) is 0 Å². The molecule has 0 aromatic heterocycles. The first-order valence-electron chi connectivity index (χ1n) is 3.92. The molecule has 76 valence electrons. The van der Waals surface area contributed by atoms with Crippen molar-refractivity contribution in [3.05, 3.63) is 34.6 Å². The molecule has 0 saturated carbocycles. The highest BCUT2D eigenvalue weighted by molar-refractivity contribution is 6.31. The number of hydrogen-bond donors (Lipinski definition) is 2. The van der Waals surface area contributed by atoms with Crippen LogP contribution in [-0.2, 0) is 4.79 Å². The lowest BCUT2D eigenvalue weighted by molar-refractivity contribution is -0.139. The van der Waals surface area contributed by atoms with E-state index in [0.717, 1.165) is 0 Å². The fraction of sp³-hybridized carbons (Fsp3) is 0.222. The molecular weight excluding hydrogens is 209 g/mol. The number of hydrogen-bond acceptors (Lipinski definition) is 2. The number of carbonyl (C=O) groups is 1. The molecule has 1 aromatic rings. The van der Waals surface area contributed by atoms with Crippen LogP contribution in [-0.4, -0.2) is 18.1 Å². The van der Waals surface area contributed by atoms with Crippen LogP contribution < -0.4 is 5.32 Å². The smallest absolute Gasteiger partial charge is 0.325 e. The Morgan fingerprint density at radius 2 is 2.29 bits per heavy atom. The molecule has 0 fully saturated rings. The zero-order valence-corrected chi connectivity index (χ0v) is 8.18. The van der Waals surface area contributed by atoms with Gasteiger partial charge >= 0.3 is 5.97 Å². The van der Waals surface area contributed by atoms with E-state index < -0.39 is 17.8 Å². The van der Waals surface area contributed by atoms with Crippen molar-refractivity contribution >= 4 is 17.6 Å². The largest absolute Gasteiger partial charge is 0.480 e. The molecule has 0 aliphatic heterocycles. The summed E-state index contributed by atoms with van der Waals surface area (Å²) in [5.74, 6) is -1.79. The SMILES string of the molecule is CN[C@@H](C(=O)O)c1c(F)cccc1Cl. The van der Waals surface area contributed by atoms with Crippen LogP contribution in [0.3, 0.4) is 0 Å². The van der Waals surface area contributed by atoms with Gasteiger partial charge in [0, 0.05) is 10.6 Å². The number of carboxylic acids is 1. The minimum absolute atomic E-state index is 0.0378. The normalized spacial score (nSPS) is 12.5. The van der Waals surface area contributed by atoms with Gasteiger partial charge in [0.25, 0.3) is 0 Å². The third kappa shape index (κ3) is 2.02. The molecule has 1 rings (SSSR count). The number of benzene rings is 1. The summed E-state index contributed by atoms with van der Waals surface area (Å²) in [6.07, 6.45) is 0. The molecule has 5 heteroatoms. The van der Waals surface area contributed by atoms with E-state index in [1.165, 1.54) is 25.2 Å². The Morgan fingerprint density at radius 3 is 2.71 bits per heavy atom. The van der Waals surface area contributed by atoms with Gasteiger partial charge in [0.15, 0.2) is 0 Å². The van der Waals surface area contributed by atoms with Crippen molar-refractivity contribution in [1.29, 1.82) is 0 Å². The van der Waals surface area contributed by atoms with Crippen LogP contribution in [0, 0.1) is 5.82 Å². The quantitative estimate of drug-likeness (QED) is 0.812. The summed E-state index contributed by atoms with van der Waals surface area (Å²) in [5, 5.41) is 11.4. The Kier molecular flexibility index (Phi) is 3.43. The predicted octanol–water partition coefficient (Wildman–Crippen LogP) is 1.82. The first kappa shape index (κ1) is 10.9.